The van der Waals surface area contributed by atoms with Crippen LogP contribution in [0.1, 0.15) is 5.69 Å². The number of halogens is 1. The predicted molar refractivity (Wildman–Crippen MR) is 67.8 cm³/mol. The second-order valence-electron chi connectivity index (χ2n) is 2.80. The van der Waals surface area contributed by atoms with E-state index < -0.39 is 0 Å². The monoisotopic (exact) mass is 333 g/mol. The molecule has 78 valence electrons. The van der Waals surface area contributed by atoms with Crippen LogP contribution in [0.2, 0.25) is 0 Å². The minimum absolute atomic E-state index is 0.363. The third kappa shape index (κ3) is 2.57. The third-order valence-electron chi connectivity index (χ3n) is 1.79. The highest BCUT2D eigenvalue weighted by Gasteiger charge is 2.06. The number of nitrogens with zero attached hydrogens (tertiary/aromatic N) is 2. The lowest BCUT2D eigenvalue weighted by molar-refractivity contribution is 0.299. The molecule has 0 spiro atoms. The molecule has 0 amide bonds. The van der Waals surface area contributed by atoms with Crippen molar-refractivity contribution in [3.8, 4) is 5.75 Å². The van der Waals surface area contributed by atoms with E-state index in [0.717, 1.165) is 9.32 Å². The Balaban J connectivity index is 2.06. The molecular weight excluding hydrogens is 325 g/mol. The average molecular weight is 333 g/mol. The number of nitrogens with two attached hydrogens (primary N) is 1. The summed E-state index contributed by atoms with van der Waals surface area (Å²) < 4.78 is 10.4. The summed E-state index contributed by atoms with van der Waals surface area (Å²) in [5.41, 5.74) is 6.35. The summed E-state index contributed by atoms with van der Waals surface area (Å²) in [7, 11) is 0. The molecule has 1 aromatic heterocycles. The molecule has 6 heteroatoms. The molecule has 1 heterocycles. The van der Waals surface area contributed by atoms with Gasteiger partial charge in [0, 0.05) is 11.5 Å². The number of aromatic nitrogens is 2. The van der Waals surface area contributed by atoms with E-state index in [1.165, 1.54) is 11.5 Å². The summed E-state index contributed by atoms with van der Waals surface area (Å²) in [6, 6.07) is 7.80. The number of nitrogen functional groups attached to an aromatic ring is 1. The molecule has 0 radical (unpaired) electrons. The van der Waals surface area contributed by atoms with Gasteiger partial charge in [-0.2, -0.15) is 0 Å². The van der Waals surface area contributed by atoms with Gasteiger partial charge in [-0.25, -0.2) is 0 Å². The smallest absolute Gasteiger partial charge is 0.136 e. The maximum absolute atomic E-state index is 5.65. The Labute approximate surface area is 105 Å². The zero-order valence-corrected chi connectivity index (χ0v) is 10.7. The van der Waals surface area contributed by atoms with Gasteiger partial charge in [0.25, 0.3) is 0 Å². The maximum atomic E-state index is 5.65. The molecular formula is C9H8IN3OS. The number of hydrogen-bond donors (Lipinski definition) is 1. The van der Waals surface area contributed by atoms with E-state index in [4.69, 9.17) is 10.5 Å². The van der Waals surface area contributed by atoms with Crippen LogP contribution in [-0.4, -0.2) is 9.59 Å². The van der Waals surface area contributed by atoms with Crippen molar-refractivity contribution in [3.05, 3.63) is 33.5 Å². The van der Waals surface area contributed by atoms with Crippen LogP contribution in [0.3, 0.4) is 0 Å². The summed E-state index contributed by atoms with van der Waals surface area (Å²) in [4.78, 5) is 0. The molecule has 0 bridgehead atoms. The van der Waals surface area contributed by atoms with Crippen molar-refractivity contribution in [1.29, 1.82) is 0 Å². The number of para-hydroxylation sites is 1. The van der Waals surface area contributed by atoms with Gasteiger partial charge < -0.3 is 10.5 Å². The van der Waals surface area contributed by atoms with Crippen molar-refractivity contribution in [2.24, 2.45) is 0 Å². The van der Waals surface area contributed by atoms with Gasteiger partial charge in [-0.05, 0) is 34.7 Å². The highest BCUT2D eigenvalue weighted by molar-refractivity contribution is 14.1. The second kappa shape index (κ2) is 4.75. The fraction of sp³-hybridized carbons (Fsp3) is 0.111. The summed E-state index contributed by atoms with van der Waals surface area (Å²) in [5, 5.41) is 4.49. The predicted octanol–water partition coefficient (Wildman–Crippen LogP) is 2.30. The Morgan fingerprint density at radius 1 is 1.40 bits per heavy atom. The van der Waals surface area contributed by atoms with Gasteiger partial charge in [0.05, 0.1) is 3.57 Å². The van der Waals surface area contributed by atoms with Crippen LogP contribution in [0.4, 0.5) is 5.00 Å². The molecule has 0 saturated heterocycles. The van der Waals surface area contributed by atoms with Crippen LogP contribution >= 0.6 is 34.1 Å². The average Bonchev–Trinajstić information content (AvgIpc) is 2.63. The molecule has 0 aliphatic rings. The Bertz CT molecular complexity index is 460. The molecule has 0 unspecified atom stereocenters. The molecule has 0 aliphatic carbocycles. The first kappa shape index (κ1) is 10.6. The van der Waals surface area contributed by atoms with Crippen molar-refractivity contribution >= 4 is 39.1 Å². The van der Waals surface area contributed by atoms with Gasteiger partial charge in [-0.3, -0.25) is 0 Å². The van der Waals surface area contributed by atoms with E-state index in [9.17, 15) is 0 Å². The van der Waals surface area contributed by atoms with Crippen LogP contribution in [0.5, 0.6) is 5.75 Å². The van der Waals surface area contributed by atoms with Gasteiger partial charge in [-0.15, -0.1) is 5.10 Å². The van der Waals surface area contributed by atoms with Crippen LogP contribution in [0.15, 0.2) is 24.3 Å². The number of hydrogen-bond acceptors (Lipinski definition) is 5. The molecule has 2 N–H and O–H groups in total. The van der Waals surface area contributed by atoms with Gasteiger partial charge in [0.1, 0.15) is 23.1 Å². The first-order valence-corrected chi connectivity index (χ1v) is 6.06. The molecule has 2 rings (SSSR count). The second-order valence-corrected chi connectivity index (χ2v) is 4.75. The van der Waals surface area contributed by atoms with Gasteiger partial charge in [0.2, 0.25) is 0 Å². The number of benzene rings is 1. The van der Waals surface area contributed by atoms with Crippen molar-refractivity contribution in [1.82, 2.24) is 9.59 Å². The third-order valence-corrected chi connectivity index (χ3v) is 3.27. The standard InChI is InChI=1S/C9H8IN3OS/c10-6-3-1-2-4-8(6)14-5-7-9(11)15-13-12-7/h1-4H,5,11H2. The Kier molecular flexibility index (Phi) is 3.37. The van der Waals surface area contributed by atoms with E-state index in [-0.39, 0.29) is 0 Å². The fourth-order valence-corrected chi connectivity index (χ4v) is 2.00. The van der Waals surface area contributed by atoms with E-state index in [2.05, 4.69) is 32.2 Å². The van der Waals surface area contributed by atoms with Crippen molar-refractivity contribution in [2.45, 2.75) is 6.61 Å². The zero-order valence-electron chi connectivity index (χ0n) is 7.68. The largest absolute Gasteiger partial charge is 0.486 e. The SMILES string of the molecule is Nc1snnc1COc1ccccc1I. The van der Waals surface area contributed by atoms with Crippen molar-refractivity contribution in [3.63, 3.8) is 0 Å². The molecule has 2 aromatic rings. The fourth-order valence-electron chi connectivity index (χ4n) is 1.02. The van der Waals surface area contributed by atoms with E-state index in [1.54, 1.807) is 0 Å². The summed E-state index contributed by atoms with van der Waals surface area (Å²) in [5.74, 6) is 0.838. The zero-order chi connectivity index (χ0) is 10.7. The normalized spacial score (nSPS) is 10.2. The lowest BCUT2D eigenvalue weighted by Crippen LogP contribution is -2.00. The molecule has 0 fully saturated rings. The van der Waals surface area contributed by atoms with Crippen molar-refractivity contribution in [2.75, 3.05) is 5.73 Å². The highest BCUT2D eigenvalue weighted by atomic mass is 127. The summed E-state index contributed by atoms with van der Waals surface area (Å²) >= 11 is 3.40. The van der Waals surface area contributed by atoms with E-state index in [0.29, 0.717) is 17.3 Å². The lowest BCUT2D eigenvalue weighted by atomic mass is 10.3. The Hall–Kier alpha value is -0.890. The maximum Gasteiger partial charge on any atom is 0.136 e. The Morgan fingerprint density at radius 3 is 2.87 bits per heavy atom. The number of ether oxygens (including phenoxy) is 1. The molecule has 15 heavy (non-hydrogen) atoms. The minimum Gasteiger partial charge on any atom is -0.486 e. The molecule has 0 saturated carbocycles. The summed E-state index contributed by atoms with van der Waals surface area (Å²) in [6.07, 6.45) is 0. The minimum atomic E-state index is 0.363. The lowest BCUT2D eigenvalue weighted by Gasteiger charge is -2.05. The highest BCUT2D eigenvalue weighted by Crippen LogP contribution is 2.22. The Morgan fingerprint density at radius 2 is 2.20 bits per heavy atom. The van der Waals surface area contributed by atoms with Crippen LogP contribution in [-0.2, 0) is 6.61 Å². The van der Waals surface area contributed by atoms with E-state index >= 15 is 0 Å². The van der Waals surface area contributed by atoms with Crippen molar-refractivity contribution < 1.29 is 4.74 Å². The van der Waals surface area contributed by atoms with Crippen LogP contribution in [0, 0.1) is 3.57 Å². The number of rotatable bonds is 3. The molecule has 0 aliphatic heterocycles. The van der Waals surface area contributed by atoms with Crippen LogP contribution < -0.4 is 10.5 Å². The molecule has 4 nitrogen and oxygen atoms in total. The quantitative estimate of drug-likeness (QED) is 0.876. The molecule has 1 aromatic carbocycles. The van der Waals surface area contributed by atoms with Gasteiger partial charge in [-0.1, -0.05) is 16.6 Å². The summed E-state index contributed by atoms with van der Waals surface area (Å²) in [6.45, 7) is 0.363. The first-order valence-electron chi connectivity index (χ1n) is 4.21. The topological polar surface area (TPSA) is 61.0 Å². The van der Waals surface area contributed by atoms with E-state index in [1.807, 2.05) is 24.3 Å². The van der Waals surface area contributed by atoms with Crippen LogP contribution in [0.25, 0.3) is 0 Å². The number of anilines is 1. The van der Waals surface area contributed by atoms with Gasteiger partial charge >= 0.3 is 0 Å². The molecule has 0 atom stereocenters. The van der Waals surface area contributed by atoms with Gasteiger partial charge in [0.15, 0.2) is 0 Å². The first-order chi connectivity index (χ1) is 7.27.